The smallest absolute Gasteiger partial charge is 0.170 e. The summed E-state index contributed by atoms with van der Waals surface area (Å²) >= 11 is 11.7. The lowest BCUT2D eigenvalue weighted by molar-refractivity contribution is -0.141. The zero-order chi connectivity index (χ0) is 14.0. The molecule has 1 atom stereocenters. The van der Waals surface area contributed by atoms with Crippen molar-refractivity contribution in [2.24, 2.45) is 0 Å². The molecular weight excluding hydrogens is 296 g/mol. The van der Waals surface area contributed by atoms with Gasteiger partial charge < -0.3 is 0 Å². The summed E-state index contributed by atoms with van der Waals surface area (Å²) in [5, 5.41) is 0.0553. The molecule has 0 aliphatic heterocycles. The molecular formula is C14H9Cl2F3. The molecule has 0 fully saturated rings. The Labute approximate surface area is 118 Å². The van der Waals surface area contributed by atoms with E-state index in [1.807, 2.05) is 0 Å². The number of benzene rings is 2. The summed E-state index contributed by atoms with van der Waals surface area (Å²) in [6.07, 6.45) is -4.43. The van der Waals surface area contributed by atoms with Crippen LogP contribution >= 0.6 is 23.2 Å². The molecule has 19 heavy (non-hydrogen) atoms. The summed E-state index contributed by atoms with van der Waals surface area (Å²) < 4.78 is 39.9. The zero-order valence-electron chi connectivity index (χ0n) is 9.59. The number of rotatable bonds is 2. The van der Waals surface area contributed by atoms with Crippen LogP contribution in [0.15, 0.2) is 48.5 Å². The molecule has 0 nitrogen and oxygen atoms in total. The molecule has 2 rings (SSSR count). The van der Waals surface area contributed by atoms with E-state index in [0.717, 1.165) is 0 Å². The highest BCUT2D eigenvalue weighted by molar-refractivity contribution is 6.42. The highest BCUT2D eigenvalue weighted by atomic mass is 35.5. The van der Waals surface area contributed by atoms with Crippen molar-refractivity contribution in [2.75, 3.05) is 0 Å². The van der Waals surface area contributed by atoms with Crippen molar-refractivity contribution < 1.29 is 13.2 Å². The molecule has 1 unspecified atom stereocenters. The van der Waals surface area contributed by atoms with Gasteiger partial charge in [0.25, 0.3) is 0 Å². The van der Waals surface area contributed by atoms with E-state index in [1.165, 1.54) is 30.3 Å². The number of halogens is 5. The van der Waals surface area contributed by atoms with E-state index >= 15 is 0 Å². The average Bonchev–Trinajstić information content (AvgIpc) is 2.35. The maximum absolute atomic E-state index is 13.3. The van der Waals surface area contributed by atoms with E-state index in [2.05, 4.69) is 0 Å². The molecule has 0 aliphatic rings. The normalized spacial score (nSPS) is 13.3. The number of hydrogen-bond acceptors (Lipinski definition) is 0. The molecule has 0 heterocycles. The molecule has 0 spiro atoms. The molecule has 100 valence electrons. The molecule has 0 amide bonds. The second kappa shape index (κ2) is 5.43. The Balaban J connectivity index is 2.60. The molecule has 0 aromatic heterocycles. The first-order chi connectivity index (χ1) is 8.91. The van der Waals surface area contributed by atoms with Gasteiger partial charge in [-0.2, -0.15) is 13.2 Å². The van der Waals surface area contributed by atoms with Crippen molar-refractivity contribution in [3.8, 4) is 0 Å². The summed E-state index contributed by atoms with van der Waals surface area (Å²) in [6, 6.07) is 11.9. The van der Waals surface area contributed by atoms with Crippen molar-refractivity contribution in [2.45, 2.75) is 12.1 Å². The predicted octanol–water partition coefficient (Wildman–Crippen LogP) is 5.69. The lowest BCUT2D eigenvalue weighted by Crippen LogP contribution is -2.22. The van der Waals surface area contributed by atoms with Crippen LogP contribution in [0.2, 0.25) is 10.0 Å². The summed E-state index contributed by atoms with van der Waals surface area (Å²) in [7, 11) is 0. The fraction of sp³-hybridized carbons (Fsp3) is 0.143. The minimum absolute atomic E-state index is 0.0344. The standard InChI is InChI=1S/C14H9Cl2F3/c15-11-8-4-7-10(13(11)16)12(14(17,18)19)9-5-2-1-3-6-9/h1-8,12H. The molecule has 0 saturated heterocycles. The zero-order valence-corrected chi connectivity index (χ0v) is 11.1. The van der Waals surface area contributed by atoms with E-state index in [1.54, 1.807) is 18.2 Å². The van der Waals surface area contributed by atoms with Gasteiger partial charge in [0.1, 0.15) is 5.92 Å². The van der Waals surface area contributed by atoms with Crippen LogP contribution in [0.4, 0.5) is 13.2 Å². The Morgan fingerprint density at radius 3 is 2.05 bits per heavy atom. The Morgan fingerprint density at radius 2 is 1.47 bits per heavy atom. The maximum Gasteiger partial charge on any atom is 0.399 e. The van der Waals surface area contributed by atoms with Crippen LogP contribution in [0.1, 0.15) is 17.0 Å². The summed E-state index contributed by atoms with van der Waals surface area (Å²) in [4.78, 5) is 0. The molecule has 2 aromatic carbocycles. The molecule has 0 bridgehead atoms. The lowest BCUT2D eigenvalue weighted by Gasteiger charge is -2.22. The Bertz CT molecular complexity index is 565. The van der Waals surface area contributed by atoms with Gasteiger partial charge in [-0.25, -0.2) is 0 Å². The van der Waals surface area contributed by atoms with Crippen LogP contribution in [0.5, 0.6) is 0 Å². The van der Waals surface area contributed by atoms with Crippen molar-refractivity contribution in [3.05, 3.63) is 69.7 Å². The summed E-state index contributed by atoms with van der Waals surface area (Å²) in [6.45, 7) is 0. The van der Waals surface area contributed by atoms with Crippen LogP contribution in [-0.4, -0.2) is 6.18 Å². The minimum Gasteiger partial charge on any atom is -0.170 e. The third kappa shape index (κ3) is 3.04. The van der Waals surface area contributed by atoms with E-state index in [4.69, 9.17) is 23.2 Å². The lowest BCUT2D eigenvalue weighted by atomic mass is 9.91. The van der Waals surface area contributed by atoms with Crippen molar-refractivity contribution in [3.63, 3.8) is 0 Å². The topological polar surface area (TPSA) is 0 Å². The molecule has 0 radical (unpaired) electrons. The van der Waals surface area contributed by atoms with Gasteiger partial charge in [0, 0.05) is 0 Å². The van der Waals surface area contributed by atoms with Crippen molar-refractivity contribution >= 4 is 23.2 Å². The van der Waals surface area contributed by atoms with Gasteiger partial charge in [0.05, 0.1) is 10.0 Å². The van der Waals surface area contributed by atoms with Gasteiger partial charge in [-0.15, -0.1) is 0 Å². The van der Waals surface area contributed by atoms with E-state index in [0.29, 0.717) is 0 Å². The van der Waals surface area contributed by atoms with Crippen LogP contribution < -0.4 is 0 Å². The largest absolute Gasteiger partial charge is 0.399 e. The molecule has 2 aromatic rings. The first-order valence-electron chi connectivity index (χ1n) is 5.47. The van der Waals surface area contributed by atoms with Crippen LogP contribution in [-0.2, 0) is 0 Å². The van der Waals surface area contributed by atoms with Crippen molar-refractivity contribution in [1.29, 1.82) is 0 Å². The minimum atomic E-state index is -4.43. The van der Waals surface area contributed by atoms with Gasteiger partial charge in [0.2, 0.25) is 0 Å². The Kier molecular flexibility index (Phi) is 4.07. The van der Waals surface area contributed by atoms with Gasteiger partial charge in [-0.3, -0.25) is 0 Å². The highest BCUT2D eigenvalue weighted by Crippen LogP contribution is 2.44. The van der Waals surface area contributed by atoms with Gasteiger partial charge in [0.15, 0.2) is 0 Å². The monoisotopic (exact) mass is 304 g/mol. The third-order valence-electron chi connectivity index (χ3n) is 2.75. The fourth-order valence-corrected chi connectivity index (χ4v) is 2.35. The Morgan fingerprint density at radius 1 is 0.842 bits per heavy atom. The summed E-state index contributed by atoms with van der Waals surface area (Å²) in [5.41, 5.74) is 0.104. The number of alkyl halides is 3. The van der Waals surface area contributed by atoms with E-state index < -0.39 is 12.1 Å². The average molecular weight is 305 g/mol. The van der Waals surface area contributed by atoms with E-state index in [9.17, 15) is 13.2 Å². The SMILES string of the molecule is FC(F)(F)C(c1ccccc1)c1cccc(Cl)c1Cl. The first-order valence-corrected chi connectivity index (χ1v) is 6.22. The molecule has 0 aliphatic carbocycles. The van der Waals surface area contributed by atoms with Crippen LogP contribution in [0.3, 0.4) is 0 Å². The predicted molar refractivity (Wildman–Crippen MR) is 70.8 cm³/mol. The van der Waals surface area contributed by atoms with Gasteiger partial charge in [-0.05, 0) is 17.2 Å². The number of hydrogen-bond donors (Lipinski definition) is 0. The van der Waals surface area contributed by atoms with Gasteiger partial charge >= 0.3 is 6.18 Å². The van der Waals surface area contributed by atoms with E-state index in [-0.39, 0.29) is 21.2 Å². The summed E-state index contributed by atoms with van der Waals surface area (Å²) in [5.74, 6) is -1.78. The molecule has 5 heteroatoms. The molecule has 0 N–H and O–H groups in total. The highest BCUT2D eigenvalue weighted by Gasteiger charge is 2.42. The van der Waals surface area contributed by atoms with Gasteiger partial charge in [-0.1, -0.05) is 65.7 Å². The Hall–Kier alpha value is -1.19. The fourth-order valence-electron chi connectivity index (χ4n) is 1.93. The second-order valence-corrected chi connectivity index (χ2v) is 4.81. The maximum atomic E-state index is 13.3. The molecule has 0 saturated carbocycles. The second-order valence-electron chi connectivity index (χ2n) is 4.03. The van der Waals surface area contributed by atoms with Crippen molar-refractivity contribution in [1.82, 2.24) is 0 Å². The first kappa shape index (κ1) is 14.2. The van der Waals surface area contributed by atoms with Crippen LogP contribution in [0, 0.1) is 0 Å². The quantitative estimate of drug-likeness (QED) is 0.669. The third-order valence-corrected chi connectivity index (χ3v) is 3.59. The van der Waals surface area contributed by atoms with Crippen LogP contribution in [0.25, 0.3) is 0 Å².